The molecular formula is C24H24N3O5P. The molecule has 170 valence electrons. The van der Waals surface area contributed by atoms with Gasteiger partial charge in [-0.1, -0.05) is 30.3 Å². The summed E-state index contributed by atoms with van der Waals surface area (Å²) in [6.07, 6.45) is -0.0594. The molecule has 1 heterocycles. The van der Waals surface area contributed by atoms with E-state index in [4.69, 9.17) is 14.0 Å². The molecule has 0 N–H and O–H groups in total. The summed E-state index contributed by atoms with van der Waals surface area (Å²) >= 11 is 0. The van der Waals surface area contributed by atoms with Crippen molar-refractivity contribution in [2.45, 2.75) is 13.8 Å². The summed E-state index contributed by atoms with van der Waals surface area (Å²) in [5, 5.41) is 13.7. The molecule has 1 aromatic heterocycles. The van der Waals surface area contributed by atoms with Crippen molar-refractivity contribution in [3.05, 3.63) is 82.9 Å². The minimum atomic E-state index is -3.49. The van der Waals surface area contributed by atoms with Gasteiger partial charge in [-0.05, 0) is 49.6 Å². The number of rotatable bonds is 9. The maximum absolute atomic E-state index is 13.5. The minimum absolute atomic E-state index is 0.00401. The summed E-state index contributed by atoms with van der Waals surface area (Å²) < 4.78 is 24.6. The number of non-ortho nitro benzene ring substituents is 1. The molecule has 8 nitrogen and oxygen atoms in total. The third kappa shape index (κ3) is 4.88. The summed E-state index contributed by atoms with van der Waals surface area (Å²) in [4.78, 5) is 17.4. The van der Waals surface area contributed by atoms with Gasteiger partial charge in [-0.25, -0.2) is 4.98 Å². The van der Waals surface area contributed by atoms with Crippen molar-refractivity contribution in [1.29, 1.82) is 0 Å². The van der Waals surface area contributed by atoms with Crippen LogP contribution in [0.2, 0.25) is 0 Å². The van der Waals surface area contributed by atoms with E-state index in [1.165, 1.54) is 12.1 Å². The van der Waals surface area contributed by atoms with Crippen LogP contribution in [0, 0.1) is 10.1 Å². The van der Waals surface area contributed by atoms with Crippen LogP contribution < -0.4 is 4.90 Å². The van der Waals surface area contributed by atoms with Gasteiger partial charge < -0.3 is 13.9 Å². The molecule has 3 aromatic carbocycles. The number of benzene rings is 3. The molecule has 0 fully saturated rings. The van der Waals surface area contributed by atoms with Crippen LogP contribution in [0.3, 0.4) is 0 Å². The first-order chi connectivity index (χ1) is 15.9. The highest BCUT2D eigenvalue weighted by Gasteiger charge is 2.30. The van der Waals surface area contributed by atoms with Crippen LogP contribution in [-0.4, -0.2) is 29.4 Å². The van der Waals surface area contributed by atoms with E-state index in [9.17, 15) is 14.7 Å². The number of fused-ring (bicyclic) bond motifs is 2. The van der Waals surface area contributed by atoms with E-state index in [0.29, 0.717) is 16.9 Å². The van der Waals surface area contributed by atoms with Crippen molar-refractivity contribution in [2.75, 3.05) is 24.4 Å². The lowest BCUT2D eigenvalue weighted by Crippen LogP contribution is -2.22. The number of aromatic nitrogens is 1. The number of nitrogens with zero attached hydrogens (tertiary/aromatic N) is 3. The van der Waals surface area contributed by atoms with Crippen LogP contribution in [0.1, 0.15) is 13.8 Å². The van der Waals surface area contributed by atoms with Gasteiger partial charge in [0, 0.05) is 22.9 Å². The van der Waals surface area contributed by atoms with Crippen molar-refractivity contribution in [2.24, 2.45) is 0 Å². The molecule has 0 bridgehead atoms. The first kappa shape index (κ1) is 22.9. The molecule has 9 heteroatoms. The van der Waals surface area contributed by atoms with Crippen molar-refractivity contribution >= 4 is 46.5 Å². The van der Waals surface area contributed by atoms with Crippen molar-refractivity contribution < 1.29 is 18.5 Å². The zero-order valence-corrected chi connectivity index (χ0v) is 19.3. The van der Waals surface area contributed by atoms with Crippen LogP contribution in [0.25, 0.3) is 21.7 Å². The molecule has 0 atom stereocenters. The maximum Gasteiger partial charge on any atom is 0.350 e. The molecule has 0 aliphatic rings. The van der Waals surface area contributed by atoms with Gasteiger partial charge in [-0.2, -0.15) is 0 Å². The van der Waals surface area contributed by atoms with Gasteiger partial charge in [0.25, 0.3) is 5.69 Å². The number of nitro groups is 1. The van der Waals surface area contributed by atoms with Gasteiger partial charge >= 0.3 is 7.60 Å². The van der Waals surface area contributed by atoms with Crippen LogP contribution in [0.5, 0.6) is 0 Å². The van der Waals surface area contributed by atoms with Gasteiger partial charge in [0.2, 0.25) is 0 Å². The molecule has 33 heavy (non-hydrogen) atoms. The molecule has 4 aromatic rings. The molecule has 0 saturated heterocycles. The van der Waals surface area contributed by atoms with E-state index in [2.05, 4.69) is 0 Å². The zero-order chi connectivity index (χ0) is 23.4. The second-order valence-corrected chi connectivity index (χ2v) is 9.34. The molecule has 0 aliphatic carbocycles. The van der Waals surface area contributed by atoms with Gasteiger partial charge in [-0.3, -0.25) is 14.7 Å². The number of pyridine rings is 1. The van der Waals surface area contributed by atoms with Crippen LogP contribution in [0.4, 0.5) is 17.2 Å². The van der Waals surface area contributed by atoms with Gasteiger partial charge in [-0.15, -0.1) is 0 Å². The van der Waals surface area contributed by atoms with E-state index in [-0.39, 0.29) is 25.2 Å². The molecule has 0 unspecified atom stereocenters. The zero-order valence-electron chi connectivity index (χ0n) is 18.4. The molecular weight excluding hydrogens is 441 g/mol. The van der Waals surface area contributed by atoms with Crippen LogP contribution >= 0.6 is 7.60 Å². The first-order valence-corrected chi connectivity index (χ1v) is 12.4. The van der Waals surface area contributed by atoms with E-state index in [0.717, 1.165) is 16.3 Å². The standard InChI is InChI=1S/C24H24N3O5P/c1-3-31-33(30,32-4-2)17-26(24-15-12-18-8-5-6-10-22(18)25-24)23-11-7-9-19-16-20(27(28)29)13-14-21(19)23/h5-16H,3-4,17H2,1-2H3. The van der Waals surface area contributed by atoms with Gasteiger partial charge in [0.05, 0.1) is 29.3 Å². The average Bonchev–Trinajstić information content (AvgIpc) is 2.82. The Balaban J connectivity index is 1.90. The Hall–Kier alpha value is -3.32. The van der Waals surface area contributed by atoms with Crippen molar-refractivity contribution in [3.63, 3.8) is 0 Å². The van der Waals surface area contributed by atoms with Gasteiger partial charge in [0.1, 0.15) is 12.1 Å². The maximum atomic E-state index is 13.5. The Morgan fingerprint density at radius 1 is 0.939 bits per heavy atom. The van der Waals surface area contributed by atoms with Gasteiger partial charge in [0.15, 0.2) is 0 Å². The third-order valence-electron chi connectivity index (χ3n) is 5.17. The predicted octanol–water partition coefficient (Wildman–Crippen LogP) is 6.66. The minimum Gasteiger partial charge on any atom is -0.314 e. The lowest BCUT2D eigenvalue weighted by molar-refractivity contribution is -0.384. The van der Waals surface area contributed by atoms with E-state index in [1.807, 2.05) is 54.6 Å². The SMILES string of the molecule is CCOP(=O)(CN(c1ccc2ccccc2n1)c1cccc2cc([N+](=O)[O-])ccc12)OCC. The molecule has 0 aliphatic heterocycles. The van der Waals surface area contributed by atoms with E-state index < -0.39 is 12.5 Å². The molecule has 0 spiro atoms. The van der Waals surface area contributed by atoms with Crippen molar-refractivity contribution in [3.8, 4) is 0 Å². The smallest absolute Gasteiger partial charge is 0.314 e. The van der Waals surface area contributed by atoms with Crippen molar-refractivity contribution in [1.82, 2.24) is 4.98 Å². The third-order valence-corrected chi connectivity index (χ3v) is 7.10. The fourth-order valence-electron chi connectivity index (χ4n) is 3.77. The lowest BCUT2D eigenvalue weighted by Gasteiger charge is -2.29. The highest BCUT2D eigenvalue weighted by molar-refractivity contribution is 7.54. The lowest BCUT2D eigenvalue weighted by atomic mass is 10.1. The monoisotopic (exact) mass is 465 g/mol. The highest BCUT2D eigenvalue weighted by atomic mass is 31.2. The molecule has 4 rings (SSSR count). The summed E-state index contributed by atoms with van der Waals surface area (Å²) in [6, 6.07) is 21.7. The van der Waals surface area contributed by atoms with Crippen LogP contribution in [-0.2, 0) is 13.6 Å². The Labute approximate surface area is 191 Å². The molecule has 0 radical (unpaired) electrons. The second-order valence-electron chi connectivity index (χ2n) is 7.32. The number of hydrogen-bond acceptors (Lipinski definition) is 7. The topological polar surface area (TPSA) is 94.8 Å². The normalized spacial score (nSPS) is 11.7. The summed E-state index contributed by atoms with van der Waals surface area (Å²) in [5.74, 6) is 0.569. The fraction of sp³-hybridized carbons (Fsp3) is 0.208. The summed E-state index contributed by atoms with van der Waals surface area (Å²) in [6.45, 7) is 4.00. The quantitative estimate of drug-likeness (QED) is 0.155. The Morgan fingerprint density at radius 3 is 2.39 bits per heavy atom. The molecule has 0 amide bonds. The summed E-state index contributed by atoms with van der Waals surface area (Å²) in [5.41, 5.74) is 1.49. The highest BCUT2D eigenvalue weighted by Crippen LogP contribution is 2.51. The number of para-hydroxylation sites is 1. The van der Waals surface area contributed by atoms with E-state index >= 15 is 0 Å². The largest absolute Gasteiger partial charge is 0.350 e. The Kier molecular flexibility index (Phi) is 6.70. The average molecular weight is 465 g/mol. The number of hydrogen-bond donors (Lipinski definition) is 0. The fourth-order valence-corrected chi connectivity index (χ4v) is 5.43. The second kappa shape index (κ2) is 9.67. The molecule has 0 saturated carbocycles. The van der Waals surface area contributed by atoms with Crippen LogP contribution in [0.15, 0.2) is 72.8 Å². The van der Waals surface area contributed by atoms with E-state index in [1.54, 1.807) is 24.8 Å². The number of nitro benzene ring substituents is 1. The predicted molar refractivity (Wildman–Crippen MR) is 130 cm³/mol. The Bertz CT molecular complexity index is 1350. The number of anilines is 2. The summed E-state index contributed by atoms with van der Waals surface area (Å²) in [7, 11) is -3.49. The Morgan fingerprint density at radius 2 is 1.67 bits per heavy atom. The first-order valence-electron chi connectivity index (χ1n) is 10.6.